The Kier molecular flexibility index (Phi) is 6.92. The fraction of sp³-hybridized carbons (Fsp3) is 0.581. The van der Waals surface area contributed by atoms with E-state index in [1.807, 2.05) is 50.2 Å². The van der Waals surface area contributed by atoms with Crippen molar-refractivity contribution in [3.63, 3.8) is 0 Å². The number of nitrogens with one attached hydrogen (secondary N) is 1. The van der Waals surface area contributed by atoms with Crippen LogP contribution in [0.15, 0.2) is 43.0 Å². The molecule has 2 amide bonds. The average Bonchev–Trinajstić information content (AvgIpc) is 3.73. The molecule has 7 rings (SSSR count). The molecular weight excluding hydrogens is 566 g/mol. The minimum Gasteiger partial charge on any atom is -0.444 e. The molecule has 13 heteroatoms. The number of aromatic nitrogens is 4. The Balaban J connectivity index is 1.10. The first-order valence-corrected chi connectivity index (χ1v) is 15.2. The zero-order valence-corrected chi connectivity index (χ0v) is 25.7. The third-order valence-electron chi connectivity index (χ3n) is 8.93. The number of carbonyl (C=O) groups excluding carboxylic acids is 2. The fourth-order valence-corrected chi connectivity index (χ4v) is 6.82. The van der Waals surface area contributed by atoms with Crippen LogP contribution in [0, 0.1) is 0 Å². The molecule has 0 radical (unpaired) electrons. The Morgan fingerprint density at radius 1 is 1.05 bits per heavy atom. The highest BCUT2D eigenvalue weighted by molar-refractivity contribution is 6.06. The van der Waals surface area contributed by atoms with Crippen LogP contribution in [0.4, 0.5) is 10.6 Å². The summed E-state index contributed by atoms with van der Waals surface area (Å²) < 4.78 is 27.0. The monoisotopic (exact) mass is 605 g/mol. The number of ether oxygens (including phenoxy) is 4. The zero-order valence-electron chi connectivity index (χ0n) is 25.7. The number of hydrogen-bond acceptors (Lipinski definition) is 10. The SMILES string of the molecule is CC(C)(C)OC(=O)N1CCC2(CCN2C[C@H]2O[C@@H](n3cnc4c(NC(=O)c5ccccc5)ncnc43)[C@@H]3OC(C)(C)O[C@@H]32)C1. The second kappa shape index (κ2) is 10.5. The van der Waals surface area contributed by atoms with Gasteiger partial charge in [0.2, 0.25) is 0 Å². The maximum atomic E-state index is 12.8. The van der Waals surface area contributed by atoms with Crippen molar-refractivity contribution in [1.29, 1.82) is 0 Å². The van der Waals surface area contributed by atoms with E-state index in [1.54, 1.807) is 30.6 Å². The van der Waals surface area contributed by atoms with Gasteiger partial charge in [0.05, 0.1) is 6.33 Å². The summed E-state index contributed by atoms with van der Waals surface area (Å²) in [5, 5.41) is 2.86. The molecule has 4 fully saturated rings. The number of anilines is 1. The van der Waals surface area contributed by atoms with Crippen LogP contribution < -0.4 is 5.32 Å². The van der Waals surface area contributed by atoms with Crippen molar-refractivity contribution >= 4 is 29.0 Å². The second-order valence-electron chi connectivity index (χ2n) is 13.6. The molecule has 4 saturated heterocycles. The molecule has 13 nitrogen and oxygen atoms in total. The zero-order chi connectivity index (χ0) is 30.9. The molecule has 0 aliphatic carbocycles. The molecule has 6 heterocycles. The van der Waals surface area contributed by atoms with Gasteiger partial charge in [-0.3, -0.25) is 14.3 Å². The number of benzene rings is 1. The van der Waals surface area contributed by atoms with Crippen LogP contribution in [0.3, 0.4) is 0 Å². The number of likely N-dealkylation sites (tertiary alicyclic amines) is 2. The van der Waals surface area contributed by atoms with Gasteiger partial charge >= 0.3 is 6.09 Å². The van der Waals surface area contributed by atoms with Crippen molar-refractivity contribution in [2.45, 2.75) is 88.9 Å². The second-order valence-corrected chi connectivity index (χ2v) is 13.6. The number of rotatable bonds is 5. The molecule has 4 aliphatic rings. The third kappa shape index (κ3) is 5.21. The predicted molar refractivity (Wildman–Crippen MR) is 159 cm³/mol. The Bertz CT molecular complexity index is 1570. The lowest BCUT2D eigenvalue weighted by atomic mass is 9.83. The first-order valence-electron chi connectivity index (χ1n) is 15.2. The average molecular weight is 606 g/mol. The summed E-state index contributed by atoms with van der Waals surface area (Å²) in [4.78, 5) is 43.2. The van der Waals surface area contributed by atoms with Crippen molar-refractivity contribution < 1.29 is 28.5 Å². The summed E-state index contributed by atoms with van der Waals surface area (Å²) in [6.45, 7) is 12.3. The van der Waals surface area contributed by atoms with Gasteiger partial charge in [-0.25, -0.2) is 19.7 Å². The van der Waals surface area contributed by atoms with Crippen molar-refractivity contribution in [2.75, 3.05) is 31.5 Å². The molecule has 3 aromatic rings. The highest BCUT2D eigenvalue weighted by atomic mass is 16.8. The molecule has 5 atom stereocenters. The highest BCUT2D eigenvalue weighted by Gasteiger charge is 2.59. The fourth-order valence-electron chi connectivity index (χ4n) is 6.82. The van der Waals surface area contributed by atoms with Crippen LogP contribution >= 0.6 is 0 Å². The number of imidazole rings is 1. The Morgan fingerprint density at radius 3 is 2.52 bits per heavy atom. The number of fused-ring (bicyclic) bond motifs is 2. The van der Waals surface area contributed by atoms with Gasteiger partial charge in [0.15, 0.2) is 29.0 Å². The molecular formula is C31H39N7O6. The van der Waals surface area contributed by atoms with Crippen LogP contribution in [0.5, 0.6) is 0 Å². The molecule has 44 heavy (non-hydrogen) atoms. The van der Waals surface area contributed by atoms with Gasteiger partial charge in [0.25, 0.3) is 5.91 Å². The molecule has 1 unspecified atom stereocenters. The molecule has 0 bridgehead atoms. The lowest BCUT2D eigenvalue weighted by Gasteiger charge is -2.51. The number of amides is 2. The predicted octanol–water partition coefficient (Wildman–Crippen LogP) is 3.58. The van der Waals surface area contributed by atoms with Crippen LogP contribution in [0.2, 0.25) is 0 Å². The molecule has 1 aromatic carbocycles. The van der Waals surface area contributed by atoms with Crippen LogP contribution in [0.1, 0.15) is 64.0 Å². The van der Waals surface area contributed by atoms with E-state index in [0.29, 0.717) is 42.2 Å². The summed E-state index contributed by atoms with van der Waals surface area (Å²) in [5.41, 5.74) is 0.863. The van der Waals surface area contributed by atoms with Gasteiger partial charge in [-0.2, -0.15) is 0 Å². The van der Waals surface area contributed by atoms with E-state index in [-0.39, 0.29) is 29.7 Å². The smallest absolute Gasteiger partial charge is 0.410 e. The minimum absolute atomic E-state index is 0.0936. The summed E-state index contributed by atoms with van der Waals surface area (Å²) in [6.07, 6.45) is 3.15. The first-order chi connectivity index (χ1) is 20.9. The van der Waals surface area contributed by atoms with Gasteiger partial charge in [-0.1, -0.05) is 18.2 Å². The van der Waals surface area contributed by atoms with E-state index in [2.05, 4.69) is 25.2 Å². The van der Waals surface area contributed by atoms with Crippen molar-refractivity contribution in [1.82, 2.24) is 29.3 Å². The van der Waals surface area contributed by atoms with Gasteiger partial charge in [0, 0.05) is 37.3 Å². The molecule has 0 saturated carbocycles. The van der Waals surface area contributed by atoms with E-state index in [0.717, 1.165) is 19.4 Å². The van der Waals surface area contributed by atoms with E-state index < -0.39 is 23.7 Å². The summed E-state index contributed by atoms with van der Waals surface area (Å²) in [6, 6.07) is 8.94. The van der Waals surface area contributed by atoms with E-state index in [9.17, 15) is 9.59 Å². The topological polar surface area (TPSA) is 133 Å². The highest BCUT2D eigenvalue weighted by Crippen LogP contribution is 2.46. The first kappa shape index (κ1) is 29.1. The van der Waals surface area contributed by atoms with Crippen LogP contribution in [-0.4, -0.2) is 103 Å². The minimum atomic E-state index is -0.788. The Labute approximate surface area is 255 Å². The molecule has 4 aliphatic heterocycles. The van der Waals surface area contributed by atoms with Gasteiger partial charge in [-0.05, 0) is 59.6 Å². The van der Waals surface area contributed by atoms with Crippen LogP contribution in [0.25, 0.3) is 11.2 Å². The largest absolute Gasteiger partial charge is 0.444 e. The Morgan fingerprint density at radius 2 is 1.80 bits per heavy atom. The lowest BCUT2D eigenvalue weighted by molar-refractivity contribution is -0.201. The number of nitrogens with zero attached hydrogens (tertiary/aromatic N) is 6. The lowest BCUT2D eigenvalue weighted by Crippen LogP contribution is -2.63. The van der Waals surface area contributed by atoms with E-state index in [1.165, 1.54) is 6.33 Å². The molecule has 1 spiro atoms. The van der Waals surface area contributed by atoms with Gasteiger partial charge < -0.3 is 29.2 Å². The van der Waals surface area contributed by atoms with Crippen LogP contribution in [-0.2, 0) is 18.9 Å². The van der Waals surface area contributed by atoms with Gasteiger partial charge in [-0.15, -0.1) is 0 Å². The molecule has 2 aromatic heterocycles. The quantitative estimate of drug-likeness (QED) is 0.460. The number of hydrogen-bond donors (Lipinski definition) is 1. The normalized spacial score (nSPS) is 29.6. The number of carbonyl (C=O) groups is 2. The molecule has 1 N–H and O–H groups in total. The maximum Gasteiger partial charge on any atom is 0.410 e. The van der Waals surface area contributed by atoms with Crippen molar-refractivity contribution in [3.8, 4) is 0 Å². The van der Waals surface area contributed by atoms with Crippen molar-refractivity contribution in [3.05, 3.63) is 48.5 Å². The summed E-state index contributed by atoms with van der Waals surface area (Å²) in [7, 11) is 0. The summed E-state index contributed by atoms with van der Waals surface area (Å²) >= 11 is 0. The molecule has 234 valence electrons. The van der Waals surface area contributed by atoms with Gasteiger partial charge in [0.1, 0.15) is 30.2 Å². The van der Waals surface area contributed by atoms with E-state index in [4.69, 9.17) is 18.9 Å². The van der Waals surface area contributed by atoms with E-state index >= 15 is 0 Å². The third-order valence-corrected chi connectivity index (χ3v) is 8.93. The maximum absolute atomic E-state index is 12.8. The summed E-state index contributed by atoms with van der Waals surface area (Å²) in [5.74, 6) is -0.758. The standard InChI is InChI=1S/C31H39N7O6/c1-29(2,3)44-28(40)36-13-11-31(16-36)12-14-37(31)15-20-22-23(43-30(4,5)42-22)27(41-20)38-18-34-21-24(32-17-33-25(21)38)35-26(39)19-9-7-6-8-10-19/h6-10,17-18,20,22-23,27H,11-16H2,1-5H3,(H,32,33,35,39)/t20-,22-,23-,27-,31?/m1/s1. The Hall–Kier alpha value is -3.65. The van der Waals surface area contributed by atoms with Crippen molar-refractivity contribution in [2.24, 2.45) is 0 Å².